The molecule has 1 heterocycles. The number of H-pyrrole nitrogens is 1. The van der Waals surface area contributed by atoms with Crippen molar-refractivity contribution in [3.63, 3.8) is 0 Å². The third-order valence-corrected chi connectivity index (χ3v) is 3.47. The van der Waals surface area contributed by atoms with E-state index in [2.05, 4.69) is 15.5 Å². The van der Waals surface area contributed by atoms with Crippen molar-refractivity contribution in [2.24, 2.45) is 0 Å². The summed E-state index contributed by atoms with van der Waals surface area (Å²) in [6, 6.07) is 16.5. The Morgan fingerprint density at radius 3 is 2.57 bits per heavy atom. The van der Waals surface area contributed by atoms with Gasteiger partial charge in [0.05, 0.1) is 12.8 Å². The number of benzene rings is 2. The summed E-state index contributed by atoms with van der Waals surface area (Å²) >= 11 is 0. The van der Waals surface area contributed by atoms with Crippen molar-refractivity contribution < 1.29 is 9.53 Å². The fourth-order valence-electron chi connectivity index (χ4n) is 2.27. The van der Waals surface area contributed by atoms with Crippen molar-refractivity contribution in [3.8, 4) is 17.0 Å². The molecular formula is C18H17N3O2. The van der Waals surface area contributed by atoms with E-state index < -0.39 is 0 Å². The predicted octanol–water partition coefficient (Wildman–Crippen LogP) is 3.65. The monoisotopic (exact) mass is 307 g/mol. The number of carbonyl (C=O) groups is 1. The highest BCUT2D eigenvalue weighted by atomic mass is 16.5. The number of carbonyl (C=O) groups excluding carboxylic acids is 1. The molecule has 3 rings (SSSR count). The standard InChI is InChI=1S/C18H17N3O2/c1-12-10-17(21-20-12)14-4-3-5-15(11-14)19-18(22)13-6-8-16(23-2)9-7-13/h3-11H,1-2H3,(H,19,22)(H,20,21). The maximum absolute atomic E-state index is 12.3. The molecule has 116 valence electrons. The van der Waals surface area contributed by atoms with E-state index in [9.17, 15) is 4.79 Å². The molecule has 23 heavy (non-hydrogen) atoms. The number of aryl methyl sites for hydroxylation is 1. The SMILES string of the molecule is COc1ccc(C(=O)Nc2cccc(-c3cc(C)[nH]n3)c2)cc1. The van der Waals surface area contributed by atoms with Gasteiger partial charge >= 0.3 is 0 Å². The number of nitrogens with zero attached hydrogens (tertiary/aromatic N) is 1. The zero-order valence-electron chi connectivity index (χ0n) is 13.0. The lowest BCUT2D eigenvalue weighted by molar-refractivity contribution is 0.102. The van der Waals surface area contributed by atoms with Crippen LogP contribution in [0.15, 0.2) is 54.6 Å². The molecule has 3 aromatic rings. The van der Waals surface area contributed by atoms with Crippen LogP contribution in [0.25, 0.3) is 11.3 Å². The second-order valence-corrected chi connectivity index (χ2v) is 5.20. The van der Waals surface area contributed by atoms with Gasteiger partial charge in [-0.05, 0) is 49.4 Å². The van der Waals surface area contributed by atoms with Crippen molar-refractivity contribution in [2.45, 2.75) is 6.92 Å². The zero-order valence-corrected chi connectivity index (χ0v) is 13.0. The van der Waals surface area contributed by atoms with Crippen LogP contribution in [0.1, 0.15) is 16.1 Å². The first kappa shape index (κ1) is 14.8. The first-order chi connectivity index (χ1) is 11.2. The Balaban J connectivity index is 1.78. The van der Waals surface area contributed by atoms with Gasteiger partial charge in [-0.1, -0.05) is 12.1 Å². The van der Waals surface area contributed by atoms with Crippen molar-refractivity contribution in [2.75, 3.05) is 12.4 Å². The van der Waals surface area contributed by atoms with E-state index in [4.69, 9.17) is 4.74 Å². The van der Waals surface area contributed by atoms with Crippen LogP contribution < -0.4 is 10.1 Å². The molecule has 0 fully saturated rings. The maximum atomic E-state index is 12.3. The van der Waals surface area contributed by atoms with Crippen LogP contribution in [0.5, 0.6) is 5.75 Å². The number of hydrogen-bond donors (Lipinski definition) is 2. The average molecular weight is 307 g/mol. The quantitative estimate of drug-likeness (QED) is 0.773. The number of rotatable bonds is 4. The highest BCUT2D eigenvalue weighted by Gasteiger charge is 2.08. The van der Waals surface area contributed by atoms with E-state index in [-0.39, 0.29) is 5.91 Å². The van der Waals surface area contributed by atoms with Gasteiger partial charge in [0, 0.05) is 22.5 Å². The van der Waals surface area contributed by atoms with E-state index in [0.29, 0.717) is 5.56 Å². The summed E-state index contributed by atoms with van der Waals surface area (Å²) in [6.45, 7) is 1.95. The van der Waals surface area contributed by atoms with E-state index in [0.717, 1.165) is 28.4 Å². The number of anilines is 1. The van der Waals surface area contributed by atoms with Gasteiger partial charge in [0.2, 0.25) is 0 Å². The highest BCUT2D eigenvalue weighted by molar-refractivity contribution is 6.04. The molecule has 1 amide bonds. The summed E-state index contributed by atoms with van der Waals surface area (Å²) in [5.74, 6) is 0.556. The second kappa shape index (κ2) is 6.36. The van der Waals surface area contributed by atoms with Crippen molar-refractivity contribution in [1.29, 1.82) is 0 Å². The minimum atomic E-state index is -0.164. The Morgan fingerprint density at radius 2 is 1.91 bits per heavy atom. The molecule has 5 heteroatoms. The normalized spacial score (nSPS) is 10.3. The van der Waals surface area contributed by atoms with E-state index >= 15 is 0 Å². The first-order valence-electron chi connectivity index (χ1n) is 7.23. The zero-order chi connectivity index (χ0) is 16.2. The summed E-state index contributed by atoms with van der Waals surface area (Å²) in [6.07, 6.45) is 0. The minimum absolute atomic E-state index is 0.164. The van der Waals surface area contributed by atoms with Crippen LogP contribution in [0, 0.1) is 6.92 Å². The molecule has 0 aliphatic heterocycles. The van der Waals surface area contributed by atoms with Gasteiger partial charge in [0.25, 0.3) is 5.91 Å². The molecule has 0 aliphatic carbocycles. The Bertz CT molecular complexity index is 822. The molecule has 0 spiro atoms. The molecule has 0 unspecified atom stereocenters. The first-order valence-corrected chi connectivity index (χ1v) is 7.23. The number of ether oxygens (including phenoxy) is 1. The molecule has 1 aromatic heterocycles. The largest absolute Gasteiger partial charge is 0.497 e. The number of aromatic nitrogens is 2. The van der Waals surface area contributed by atoms with Crippen molar-refractivity contribution in [1.82, 2.24) is 10.2 Å². The average Bonchev–Trinajstić information content (AvgIpc) is 3.02. The predicted molar refractivity (Wildman–Crippen MR) is 89.7 cm³/mol. The number of nitrogens with one attached hydrogen (secondary N) is 2. The lowest BCUT2D eigenvalue weighted by atomic mass is 10.1. The molecule has 0 atom stereocenters. The van der Waals surface area contributed by atoms with Crippen LogP contribution in [0.3, 0.4) is 0 Å². The topological polar surface area (TPSA) is 67.0 Å². The van der Waals surface area contributed by atoms with Gasteiger partial charge < -0.3 is 10.1 Å². The maximum Gasteiger partial charge on any atom is 0.255 e. The van der Waals surface area contributed by atoms with Crippen LogP contribution in [-0.4, -0.2) is 23.2 Å². The lowest BCUT2D eigenvalue weighted by Gasteiger charge is -2.07. The molecule has 2 aromatic carbocycles. The second-order valence-electron chi connectivity index (χ2n) is 5.20. The Labute approximate surface area is 134 Å². The van der Waals surface area contributed by atoms with Crippen molar-refractivity contribution in [3.05, 3.63) is 65.9 Å². The molecule has 0 bridgehead atoms. The van der Waals surface area contributed by atoms with Crippen LogP contribution in [0.2, 0.25) is 0 Å². The number of methoxy groups -OCH3 is 1. The molecule has 0 aliphatic rings. The number of amides is 1. The van der Waals surface area contributed by atoms with Gasteiger partial charge in [0.1, 0.15) is 5.75 Å². The number of hydrogen-bond acceptors (Lipinski definition) is 3. The van der Waals surface area contributed by atoms with Crippen LogP contribution in [-0.2, 0) is 0 Å². The van der Waals surface area contributed by atoms with Gasteiger partial charge in [-0.25, -0.2) is 0 Å². The molecule has 0 saturated carbocycles. The summed E-state index contributed by atoms with van der Waals surface area (Å²) in [7, 11) is 1.59. The highest BCUT2D eigenvalue weighted by Crippen LogP contribution is 2.22. The van der Waals surface area contributed by atoms with Crippen molar-refractivity contribution >= 4 is 11.6 Å². The van der Waals surface area contributed by atoms with Gasteiger partial charge in [0.15, 0.2) is 0 Å². The van der Waals surface area contributed by atoms with E-state index in [1.54, 1.807) is 31.4 Å². The van der Waals surface area contributed by atoms with Gasteiger partial charge in [-0.2, -0.15) is 5.10 Å². The van der Waals surface area contributed by atoms with Gasteiger partial charge in [-0.3, -0.25) is 9.89 Å². The smallest absolute Gasteiger partial charge is 0.255 e. The number of aromatic amines is 1. The molecule has 2 N–H and O–H groups in total. The summed E-state index contributed by atoms with van der Waals surface area (Å²) in [5, 5.41) is 10.0. The fraction of sp³-hybridized carbons (Fsp3) is 0.111. The Kier molecular flexibility index (Phi) is 4.10. The minimum Gasteiger partial charge on any atom is -0.497 e. The summed E-state index contributed by atoms with van der Waals surface area (Å²) in [5.41, 5.74) is 4.09. The Morgan fingerprint density at radius 1 is 1.13 bits per heavy atom. The summed E-state index contributed by atoms with van der Waals surface area (Å²) in [4.78, 5) is 12.3. The molecular weight excluding hydrogens is 290 g/mol. The van der Waals surface area contributed by atoms with Gasteiger partial charge in [-0.15, -0.1) is 0 Å². The van der Waals surface area contributed by atoms with Crippen LogP contribution >= 0.6 is 0 Å². The third-order valence-electron chi connectivity index (χ3n) is 3.47. The molecule has 5 nitrogen and oxygen atoms in total. The lowest BCUT2D eigenvalue weighted by Crippen LogP contribution is -2.11. The Hall–Kier alpha value is -3.08. The molecule has 0 radical (unpaired) electrons. The molecule has 0 saturated heterocycles. The van der Waals surface area contributed by atoms with Crippen LogP contribution in [0.4, 0.5) is 5.69 Å². The fourth-order valence-corrected chi connectivity index (χ4v) is 2.27. The van der Waals surface area contributed by atoms with E-state index in [1.807, 2.05) is 37.3 Å². The third kappa shape index (κ3) is 3.40. The summed E-state index contributed by atoms with van der Waals surface area (Å²) < 4.78 is 5.09. The van der Waals surface area contributed by atoms with E-state index in [1.165, 1.54) is 0 Å².